The van der Waals surface area contributed by atoms with E-state index >= 15 is 0 Å². The Morgan fingerprint density at radius 3 is 2.95 bits per heavy atom. The first-order valence-corrected chi connectivity index (χ1v) is 6.01. The highest BCUT2D eigenvalue weighted by atomic mass is 16.7. The quantitative estimate of drug-likeness (QED) is 0.906. The molecule has 0 amide bonds. The Hall–Kier alpha value is -2.27. The van der Waals surface area contributed by atoms with Crippen LogP contribution >= 0.6 is 0 Å². The number of rotatable bonds is 4. The average Bonchev–Trinajstić information content (AvgIpc) is 2.93. The second kappa shape index (κ2) is 5.16. The maximum Gasteiger partial charge on any atom is 0.231 e. The summed E-state index contributed by atoms with van der Waals surface area (Å²) < 4.78 is 16.3. The van der Waals surface area contributed by atoms with E-state index in [0.29, 0.717) is 13.2 Å². The molecule has 5 nitrogen and oxygen atoms in total. The van der Waals surface area contributed by atoms with Gasteiger partial charge in [-0.25, -0.2) is 0 Å². The van der Waals surface area contributed by atoms with Gasteiger partial charge in [0.25, 0.3) is 0 Å². The van der Waals surface area contributed by atoms with Crippen LogP contribution in [0.4, 0.5) is 0 Å². The fourth-order valence-electron chi connectivity index (χ4n) is 1.86. The number of aromatic nitrogens is 1. The second-order valence-corrected chi connectivity index (χ2v) is 4.16. The summed E-state index contributed by atoms with van der Waals surface area (Å²) in [5.41, 5.74) is 7.44. The molecule has 2 aromatic rings. The number of ether oxygens (including phenoxy) is 3. The molecule has 0 saturated heterocycles. The number of pyridine rings is 1. The van der Waals surface area contributed by atoms with E-state index in [2.05, 4.69) is 4.98 Å². The normalized spacial score (nSPS) is 12.5. The topological polar surface area (TPSA) is 66.6 Å². The van der Waals surface area contributed by atoms with Crippen LogP contribution in [-0.4, -0.2) is 11.8 Å². The van der Waals surface area contributed by atoms with Crippen molar-refractivity contribution in [2.24, 2.45) is 5.73 Å². The summed E-state index contributed by atoms with van der Waals surface area (Å²) in [6, 6.07) is 9.38. The number of hydrogen-bond acceptors (Lipinski definition) is 5. The highest BCUT2D eigenvalue weighted by Crippen LogP contribution is 2.35. The van der Waals surface area contributed by atoms with E-state index in [0.717, 1.165) is 28.5 Å². The fraction of sp³-hybridized carbons (Fsp3) is 0.214. The molecule has 0 aliphatic carbocycles. The molecule has 1 aromatic heterocycles. The molecule has 1 aliphatic rings. The van der Waals surface area contributed by atoms with Crippen LogP contribution in [0.2, 0.25) is 0 Å². The van der Waals surface area contributed by atoms with Crippen LogP contribution in [-0.2, 0) is 13.2 Å². The molecule has 0 atom stereocenters. The first-order valence-electron chi connectivity index (χ1n) is 6.01. The molecule has 19 heavy (non-hydrogen) atoms. The van der Waals surface area contributed by atoms with Gasteiger partial charge in [0.15, 0.2) is 11.5 Å². The molecule has 98 valence electrons. The summed E-state index contributed by atoms with van der Waals surface area (Å²) in [6.45, 7) is 1.16. The summed E-state index contributed by atoms with van der Waals surface area (Å²) in [5.74, 6) is 2.21. The molecular formula is C14H14N2O3. The van der Waals surface area contributed by atoms with Crippen molar-refractivity contribution in [3.63, 3.8) is 0 Å². The van der Waals surface area contributed by atoms with Crippen molar-refractivity contribution in [1.82, 2.24) is 4.98 Å². The molecule has 0 radical (unpaired) electrons. The molecular weight excluding hydrogens is 244 g/mol. The predicted octanol–water partition coefficient (Wildman–Crippen LogP) is 1.85. The summed E-state index contributed by atoms with van der Waals surface area (Å²) in [7, 11) is 0. The van der Waals surface area contributed by atoms with Gasteiger partial charge in [-0.3, -0.25) is 4.98 Å². The minimum absolute atomic E-state index is 0.267. The lowest BCUT2D eigenvalue weighted by atomic mass is 10.2. The highest BCUT2D eigenvalue weighted by Gasteiger charge is 2.13. The molecule has 1 aromatic carbocycles. The van der Waals surface area contributed by atoms with E-state index in [1.807, 2.05) is 30.3 Å². The van der Waals surface area contributed by atoms with Gasteiger partial charge in [0.05, 0.1) is 5.69 Å². The molecule has 0 fully saturated rings. The van der Waals surface area contributed by atoms with Crippen LogP contribution in [0.25, 0.3) is 0 Å². The Labute approximate surface area is 110 Å². The third-order valence-corrected chi connectivity index (χ3v) is 2.84. The summed E-state index contributed by atoms with van der Waals surface area (Å²) >= 11 is 0. The highest BCUT2D eigenvalue weighted by molar-refractivity contribution is 5.46. The molecule has 0 bridgehead atoms. The zero-order valence-electron chi connectivity index (χ0n) is 10.3. The van der Waals surface area contributed by atoms with Crippen LogP contribution in [0.1, 0.15) is 11.3 Å². The van der Waals surface area contributed by atoms with Gasteiger partial charge >= 0.3 is 0 Å². The molecule has 3 rings (SSSR count). The first-order chi connectivity index (χ1) is 9.35. The van der Waals surface area contributed by atoms with Crippen molar-refractivity contribution >= 4 is 0 Å². The molecule has 0 spiro atoms. The number of hydrogen-bond donors (Lipinski definition) is 1. The maximum absolute atomic E-state index is 5.71. The second-order valence-electron chi connectivity index (χ2n) is 4.16. The smallest absolute Gasteiger partial charge is 0.231 e. The SMILES string of the molecule is NCc1cc(COc2ccc3c(c2)OCO3)ccn1. The number of nitrogens with zero attached hydrogens (tertiary/aromatic N) is 1. The zero-order valence-corrected chi connectivity index (χ0v) is 10.3. The van der Waals surface area contributed by atoms with Crippen LogP contribution < -0.4 is 19.9 Å². The molecule has 1 aliphatic heterocycles. The Morgan fingerprint density at radius 1 is 1.16 bits per heavy atom. The van der Waals surface area contributed by atoms with Gasteiger partial charge in [-0.2, -0.15) is 0 Å². The van der Waals surface area contributed by atoms with Crippen molar-refractivity contribution in [1.29, 1.82) is 0 Å². The minimum Gasteiger partial charge on any atom is -0.489 e. The van der Waals surface area contributed by atoms with Crippen molar-refractivity contribution in [2.75, 3.05) is 6.79 Å². The van der Waals surface area contributed by atoms with Gasteiger partial charge in [-0.1, -0.05) is 0 Å². The van der Waals surface area contributed by atoms with E-state index in [4.69, 9.17) is 19.9 Å². The van der Waals surface area contributed by atoms with E-state index in [1.165, 1.54) is 0 Å². The third-order valence-electron chi connectivity index (χ3n) is 2.84. The number of benzene rings is 1. The van der Waals surface area contributed by atoms with Crippen molar-refractivity contribution in [3.8, 4) is 17.2 Å². The fourth-order valence-corrected chi connectivity index (χ4v) is 1.86. The van der Waals surface area contributed by atoms with E-state index < -0.39 is 0 Å². The van der Waals surface area contributed by atoms with Crippen LogP contribution in [0.5, 0.6) is 17.2 Å². The van der Waals surface area contributed by atoms with Gasteiger partial charge in [-0.15, -0.1) is 0 Å². The van der Waals surface area contributed by atoms with Crippen LogP contribution in [0.15, 0.2) is 36.5 Å². The summed E-state index contributed by atoms with van der Waals surface area (Å²) in [4.78, 5) is 4.14. The minimum atomic E-state index is 0.267. The first kappa shape index (κ1) is 11.8. The van der Waals surface area contributed by atoms with Crippen molar-refractivity contribution in [2.45, 2.75) is 13.2 Å². The Balaban J connectivity index is 1.68. The lowest BCUT2D eigenvalue weighted by Gasteiger charge is -2.07. The van der Waals surface area contributed by atoms with Crippen molar-refractivity contribution in [3.05, 3.63) is 47.8 Å². The standard InChI is InChI=1S/C14H14N2O3/c15-7-11-5-10(3-4-16-11)8-17-12-1-2-13-14(6-12)19-9-18-13/h1-6H,7-9,15H2. The molecule has 2 N–H and O–H groups in total. The number of nitrogens with two attached hydrogens (primary N) is 1. The van der Waals surface area contributed by atoms with E-state index in [9.17, 15) is 0 Å². The molecule has 0 saturated carbocycles. The lowest BCUT2D eigenvalue weighted by Crippen LogP contribution is -2.02. The number of fused-ring (bicyclic) bond motifs is 1. The van der Waals surface area contributed by atoms with Gasteiger partial charge in [0.2, 0.25) is 6.79 Å². The molecule has 0 unspecified atom stereocenters. The van der Waals surface area contributed by atoms with Crippen LogP contribution in [0, 0.1) is 0 Å². The Morgan fingerprint density at radius 2 is 2.05 bits per heavy atom. The van der Waals surface area contributed by atoms with E-state index in [-0.39, 0.29) is 6.79 Å². The van der Waals surface area contributed by atoms with Gasteiger partial charge in [0, 0.05) is 18.8 Å². The monoisotopic (exact) mass is 258 g/mol. The van der Waals surface area contributed by atoms with Gasteiger partial charge < -0.3 is 19.9 Å². The average molecular weight is 258 g/mol. The molecule has 5 heteroatoms. The predicted molar refractivity (Wildman–Crippen MR) is 69.0 cm³/mol. The largest absolute Gasteiger partial charge is 0.489 e. The Kier molecular flexibility index (Phi) is 3.20. The summed E-state index contributed by atoms with van der Waals surface area (Å²) in [6.07, 6.45) is 1.74. The maximum atomic E-state index is 5.71. The van der Waals surface area contributed by atoms with E-state index in [1.54, 1.807) is 6.20 Å². The van der Waals surface area contributed by atoms with Crippen molar-refractivity contribution < 1.29 is 14.2 Å². The molecule has 2 heterocycles. The summed E-state index contributed by atoms with van der Waals surface area (Å²) in [5, 5.41) is 0. The lowest BCUT2D eigenvalue weighted by molar-refractivity contribution is 0.173. The third kappa shape index (κ3) is 2.61. The van der Waals surface area contributed by atoms with Crippen LogP contribution in [0.3, 0.4) is 0 Å². The van der Waals surface area contributed by atoms with Gasteiger partial charge in [-0.05, 0) is 29.8 Å². The zero-order chi connectivity index (χ0) is 13.1. The van der Waals surface area contributed by atoms with Gasteiger partial charge in [0.1, 0.15) is 12.4 Å². The Bertz CT molecular complexity index is 587.